The lowest BCUT2D eigenvalue weighted by molar-refractivity contribution is 0.220. The Morgan fingerprint density at radius 1 is 1.04 bits per heavy atom. The molecule has 0 amide bonds. The number of aromatic nitrogens is 1. The van der Waals surface area contributed by atoms with Crippen LogP contribution in [0.3, 0.4) is 0 Å². The van der Waals surface area contributed by atoms with Crippen LogP contribution >= 0.6 is 0 Å². The maximum atomic E-state index is 14.0. The van der Waals surface area contributed by atoms with E-state index in [1.165, 1.54) is 17.3 Å². The minimum atomic E-state index is -0.184. The van der Waals surface area contributed by atoms with Crippen molar-refractivity contribution < 1.29 is 9.13 Å². The summed E-state index contributed by atoms with van der Waals surface area (Å²) in [6.45, 7) is 5.44. The van der Waals surface area contributed by atoms with Crippen molar-refractivity contribution in [3.8, 4) is 5.75 Å². The second kappa shape index (κ2) is 7.97. The summed E-state index contributed by atoms with van der Waals surface area (Å²) in [6.07, 6.45) is 3.20. The standard InChI is InChI=1S/C23H25FN2O/c1-2-27-21-11-9-18(10-12-21)17-26-15-5-14-25-13-4-8-22(25)23(26)19-6-3-7-20(24)16-19/h3-4,6-13,16,23H,2,5,14-15,17H2,1H3/t23-/m1/s1. The Kier molecular flexibility index (Phi) is 5.26. The first-order chi connectivity index (χ1) is 13.2. The van der Waals surface area contributed by atoms with E-state index in [4.69, 9.17) is 4.74 Å². The second-order valence-electron chi connectivity index (χ2n) is 6.98. The Morgan fingerprint density at radius 2 is 1.89 bits per heavy atom. The van der Waals surface area contributed by atoms with Crippen LogP contribution in [0.5, 0.6) is 5.75 Å². The molecular formula is C23H25FN2O. The van der Waals surface area contributed by atoms with Gasteiger partial charge in [-0.25, -0.2) is 4.39 Å². The van der Waals surface area contributed by atoms with E-state index in [2.05, 4.69) is 39.9 Å². The van der Waals surface area contributed by atoms with Crippen LogP contribution in [0.2, 0.25) is 0 Å². The van der Waals surface area contributed by atoms with E-state index < -0.39 is 0 Å². The molecular weight excluding hydrogens is 339 g/mol. The van der Waals surface area contributed by atoms with E-state index in [0.29, 0.717) is 6.61 Å². The molecule has 2 aromatic carbocycles. The molecule has 0 N–H and O–H groups in total. The van der Waals surface area contributed by atoms with Crippen molar-refractivity contribution in [1.29, 1.82) is 0 Å². The summed E-state index contributed by atoms with van der Waals surface area (Å²) in [7, 11) is 0. The zero-order valence-corrected chi connectivity index (χ0v) is 15.6. The molecule has 1 aliphatic heterocycles. The molecule has 0 saturated heterocycles. The molecule has 0 unspecified atom stereocenters. The molecule has 27 heavy (non-hydrogen) atoms. The third-order valence-corrected chi connectivity index (χ3v) is 5.14. The van der Waals surface area contributed by atoms with Crippen molar-refractivity contribution in [2.24, 2.45) is 0 Å². The predicted molar refractivity (Wildman–Crippen MR) is 105 cm³/mol. The van der Waals surface area contributed by atoms with Crippen molar-refractivity contribution >= 4 is 0 Å². The lowest BCUT2D eigenvalue weighted by atomic mass is 10.0. The molecule has 0 fully saturated rings. The number of benzene rings is 2. The number of aryl methyl sites for hydroxylation is 1. The number of ether oxygens (including phenoxy) is 1. The molecule has 0 radical (unpaired) electrons. The summed E-state index contributed by atoms with van der Waals surface area (Å²) in [4.78, 5) is 2.45. The third kappa shape index (κ3) is 3.91. The van der Waals surface area contributed by atoms with Crippen LogP contribution in [0.15, 0.2) is 66.9 Å². The highest BCUT2D eigenvalue weighted by atomic mass is 19.1. The Hall–Kier alpha value is -2.59. The predicted octanol–water partition coefficient (Wildman–Crippen LogP) is 5.02. The van der Waals surface area contributed by atoms with Gasteiger partial charge in [-0.1, -0.05) is 24.3 Å². The topological polar surface area (TPSA) is 17.4 Å². The Labute approximate surface area is 160 Å². The van der Waals surface area contributed by atoms with Crippen molar-refractivity contribution in [1.82, 2.24) is 9.47 Å². The number of halogens is 1. The average molecular weight is 364 g/mol. The fraction of sp³-hybridized carbons (Fsp3) is 0.304. The molecule has 0 saturated carbocycles. The highest BCUT2D eigenvalue weighted by molar-refractivity contribution is 5.32. The summed E-state index contributed by atoms with van der Waals surface area (Å²) in [5.41, 5.74) is 3.46. The van der Waals surface area contributed by atoms with Gasteiger partial charge >= 0.3 is 0 Å². The number of nitrogens with zero attached hydrogens (tertiary/aromatic N) is 2. The van der Waals surface area contributed by atoms with Gasteiger partial charge in [0, 0.05) is 31.5 Å². The van der Waals surface area contributed by atoms with Gasteiger partial charge in [0.25, 0.3) is 0 Å². The van der Waals surface area contributed by atoms with Crippen LogP contribution in [0, 0.1) is 5.82 Å². The SMILES string of the molecule is CCOc1ccc(CN2CCCn3cccc3[C@H]2c2cccc(F)c2)cc1. The van der Waals surface area contributed by atoms with E-state index in [1.807, 2.05) is 25.1 Å². The van der Waals surface area contributed by atoms with Crippen LogP contribution in [0.1, 0.15) is 36.2 Å². The maximum absolute atomic E-state index is 14.0. The van der Waals surface area contributed by atoms with Crippen molar-refractivity contribution in [2.75, 3.05) is 13.2 Å². The molecule has 1 aliphatic rings. The molecule has 2 heterocycles. The van der Waals surface area contributed by atoms with Crippen molar-refractivity contribution in [3.05, 3.63) is 89.5 Å². The normalized spacial score (nSPS) is 17.3. The minimum absolute atomic E-state index is 0.0461. The van der Waals surface area contributed by atoms with Gasteiger partial charge in [0.1, 0.15) is 11.6 Å². The first-order valence-electron chi connectivity index (χ1n) is 9.61. The fourth-order valence-electron chi connectivity index (χ4n) is 3.96. The highest BCUT2D eigenvalue weighted by Crippen LogP contribution is 2.33. The fourth-order valence-corrected chi connectivity index (χ4v) is 3.96. The number of fused-ring (bicyclic) bond motifs is 1. The van der Waals surface area contributed by atoms with Gasteiger partial charge in [-0.15, -0.1) is 0 Å². The van der Waals surface area contributed by atoms with Gasteiger partial charge in [-0.2, -0.15) is 0 Å². The minimum Gasteiger partial charge on any atom is -0.494 e. The third-order valence-electron chi connectivity index (χ3n) is 5.14. The summed E-state index contributed by atoms with van der Waals surface area (Å²) in [5, 5.41) is 0. The quantitative estimate of drug-likeness (QED) is 0.632. The largest absolute Gasteiger partial charge is 0.494 e. The summed E-state index contributed by atoms with van der Waals surface area (Å²) < 4.78 is 21.8. The van der Waals surface area contributed by atoms with Gasteiger partial charge in [0.2, 0.25) is 0 Å². The molecule has 0 aliphatic carbocycles. The molecule has 4 heteroatoms. The van der Waals surface area contributed by atoms with Gasteiger partial charge in [0.05, 0.1) is 12.6 Å². The van der Waals surface area contributed by atoms with E-state index >= 15 is 0 Å². The zero-order valence-electron chi connectivity index (χ0n) is 15.6. The number of rotatable bonds is 5. The van der Waals surface area contributed by atoms with E-state index in [-0.39, 0.29) is 11.9 Å². The van der Waals surface area contributed by atoms with Crippen LogP contribution < -0.4 is 4.74 Å². The number of hydrogen-bond donors (Lipinski definition) is 0. The van der Waals surface area contributed by atoms with Crippen LogP contribution in [0.4, 0.5) is 4.39 Å². The average Bonchev–Trinajstić information content (AvgIpc) is 3.05. The van der Waals surface area contributed by atoms with E-state index in [1.54, 1.807) is 12.1 Å². The Morgan fingerprint density at radius 3 is 2.67 bits per heavy atom. The van der Waals surface area contributed by atoms with Crippen LogP contribution in [0.25, 0.3) is 0 Å². The number of hydrogen-bond acceptors (Lipinski definition) is 2. The second-order valence-corrected chi connectivity index (χ2v) is 6.98. The van der Waals surface area contributed by atoms with Gasteiger partial charge in [0.15, 0.2) is 0 Å². The summed E-state index contributed by atoms with van der Waals surface area (Å²) in [5.74, 6) is 0.712. The molecule has 0 spiro atoms. The van der Waals surface area contributed by atoms with Gasteiger partial charge in [-0.05, 0) is 60.9 Å². The first kappa shape index (κ1) is 17.8. The van der Waals surface area contributed by atoms with E-state index in [0.717, 1.165) is 37.4 Å². The van der Waals surface area contributed by atoms with Gasteiger partial charge in [-0.3, -0.25) is 4.90 Å². The molecule has 3 aromatic rings. The molecule has 4 rings (SSSR count). The van der Waals surface area contributed by atoms with Gasteiger partial charge < -0.3 is 9.30 Å². The Bertz CT molecular complexity index is 887. The summed E-state index contributed by atoms with van der Waals surface area (Å²) in [6, 6.07) is 19.6. The Balaban J connectivity index is 1.66. The van der Waals surface area contributed by atoms with Crippen molar-refractivity contribution in [2.45, 2.75) is 32.5 Å². The monoisotopic (exact) mass is 364 g/mol. The first-order valence-corrected chi connectivity index (χ1v) is 9.61. The smallest absolute Gasteiger partial charge is 0.123 e. The molecule has 140 valence electrons. The molecule has 1 atom stereocenters. The lowest BCUT2D eigenvalue weighted by Crippen LogP contribution is -2.29. The maximum Gasteiger partial charge on any atom is 0.123 e. The molecule has 1 aromatic heterocycles. The van der Waals surface area contributed by atoms with Crippen molar-refractivity contribution in [3.63, 3.8) is 0 Å². The van der Waals surface area contributed by atoms with Crippen LogP contribution in [-0.2, 0) is 13.1 Å². The zero-order chi connectivity index (χ0) is 18.6. The molecule has 3 nitrogen and oxygen atoms in total. The summed E-state index contributed by atoms with van der Waals surface area (Å²) >= 11 is 0. The van der Waals surface area contributed by atoms with E-state index in [9.17, 15) is 4.39 Å². The molecule has 0 bridgehead atoms. The lowest BCUT2D eigenvalue weighted by Gasteiger charge is -2.30. The van der Waals surface area contributed by atoms with Crippen LogP contribution in [-0.4, -0.2) is 22.6 Å². The highest BCUT2D eigenvalue weighted by Gasteiger charge is 2.27.